The lowest BCUT2D eigenvalue weighted by molar-refractivity contribution is -0.117. The molecule has 4 atom stereocenters. The summed E-state index contributed by atoms with van der Waals surface area (Å²) in [5.41, 5.74) is 2.42. The monoisotopic (exact) mass is 476 g/mol. The van der Waals surface area contributed by atoms with Gasteiger partial charge in [-0.15, -0.1) is 0 Å². The molecule has 0 unspecified atom stereocenters. The predicted octanol–water partition coefficient (Wildman–Crippen LogP) is 3.37. The predicted molar refractivity (Wildman–Crippen MR) is 131 cm³/mol. The normalized spacial score (nSPS) is 19.1. The van der Waals surface area contributed by atoms with Gasteiger partial charge in [-0.3, -0.25) is 14.6 Å². The van der Waals surface area contributed by atoms with Crippen molar-refractivity contribution in [2.75, 3.05) is 5.32 Å². The van der Waals surface area contributed by atoms with Crippen molar-refractivity contribution in [3.63, 3.8) is 0 Å². The molecular weight excluding hydrogens is 447 g/mol. The van der Waals surface area contributed by atoms with Crippen LogP contribution in [0.2, 0.25) is 0 Å². The van der Waals surface area contributed by atoms with Crippen molar-refractivity contribution in [2.24, 2.45) is 0 Å². The summed E-state index contributed by atoms with van der Waals surface area (Å²) in [6.07, 6.45) is 5.44. The Labute approximate surface area is 203 Å². The van der Waals surface area contributed by atoms with Crippen molar-refractivity contribution >= 4 is 17.5 Å². The van der Waals surface area contributed by atoms with Crippen LogP contribution in [0, 0.1) is 5.82 Å². The topological polar surface area (TPSA) is 103 Å². The number of aliphatic hydroxyl groups is 1. The van der Waals surface area contributed by atoms with Gasteiger partial charge in [0.05, 0.1) is 11.7 Å². The minimum absolute atomic E-state index is 0.0104. The third kappa shape index (κ3) is 6.29. The maximum atomic E-state index is 13.8. The molecule has 1 saturated heterocycles. The van der Waals surface area contributed by atoms with Gasteiger partial charge in [0.1, 0.15) is 11.9 Å². The molecule has 0 radical (unpaired) electrons. The SMILES string of the molecule is C[C@H](NC(=O)c1ccccc1F)C(=O)Nc1ccc(C[C@@H]2CC[C@H]([C@H](O)c3cccnc3)N2)cc1. The molecule has 1 fully saturated rings. The standard InChI is InChI=1S/C27H29FN4O3/c1-17(30-27(35)22-6-2-3-7-23(22)28)26(34)32-20-10-8-18(9-11-20)15-21-12-13-24(31-21)25(33)19-5-4-14-29-16-19/h2-11,14,16-17,21,24-25,31,33H,12-13,15H2,1H3,(H,30,35)(H,32,34)/t17-,21-,24+,25+/m0/s1. The Morgan fingerprint density at radius 1 is 1.11 bits per heavy atom. The summed E-state index contributed by atoms with van der Waals surface area (Å²) in [5, 5.41) is 19.4. The van der Waals surface area contributed by atoms with Gasteiger partial charge in [0.25, 0.3) is 5.91 Å². The Kier molecular flexibility index (Phi) is 7.84. The summed E-state index contributed by atoms with van der Waals surface area (Å²) in [6, 6.07) is 16.3. The molecule has 2 heterocycles. The number of halogens is 1. The van der Waals surface area contributed by atoms with E-state index in [4.69, 9.17) is 0 Å². The molecule has 0 bridgehead atoms. The van der Waals surface area contributed by atoms with Gasteiger partial charge < -0.3 is 21.1 Å². The molecule has 1 aromatic heterocycles. The summed E-state index contributed by atoms with van der Waals surface area (Å²) in [7, 11) is 0. The molecule has 2 aromatic carbocycles. The zero-order chi connectivity index (χ0) is 24.8. The average molecular weight is 477 g/mol. The van der Waals surface area contributed by atoms with Crippen molar-refractivity contribution in [3.05, 3.63) is 95.6 Å². The Balaban J connectivity index is 1.26. The van der Waals surface area contributed by atoms with Crippen LogP contribution in [0.25, 0.3) is 0 Å². The molecular formula is C27H29FN4O3. The highest BCUT2D eigenvalue weighted by molar-refractivity contribution is 6.01. The van der Waals surface area contributed by atoms with Crippen LogP contribution in [0.1, 0.15) is 47.4 Å². The summed E-state index contributed by atoms with van der Waals surface area (Å²) >= 11 is 0. The highest BCUT2D eigenvalue weighted by atomic mass is 19.1. The molecule has 1 aliphatic rings. The lowest BCUT2D eigenvalue weighted by atomic mass is 10.0. The van der Waals surface area contributed by atoms with Crippen LogP contribution in [0.4, 0.5) is 10.1 Å². The zero-order valence-corrected chi connectivity index (χ0v) is 19.4. The number of aromatic nitrogens is 1. The number of hydrogen-bond acceptors (Lipinski definition) is 5. The molecule has 0 aliphatic carbocycles. The summed E-state index contributed by atoms with van der Waals surface area (Å²) in [4.78, 5) is 28.8. The highest BCUT2D eigenvalue weighted by Gasteiger charge is 2.30. The van der Waals surface area contributed by atoms with Crippen molar-refractivity contribution in [2.45, 2.75) is 50.4 Å². The van der Waals surface area contributed by atoms with Gasteiger partial charge >= 0.3 is 0 Å². The number of nitrogens with one attached hydrogen (secondary N) is 3. The van der Waals surface area contributed by atoms with E-state index in [1.54, 1.807) is 25.4 Å². The number of rotatable bonds is 8. The first kappa shape index (κ1) is 24.5. The van der Waals surface area contributed by atoms with Gasteiger partial charge in [0, 0.05) is 35.7 Å². The molecule has 182 valence electrons. The molecule has 1 aliphatic heterocycles. The first-order valence-electron chi connectivity index (χ1n) is 11.7. The fraction of sp³-hybridized carbons (Fsp3) is 0.296. The number of benzene rings is 2. The van der Waals surface area contributed by atoms with Gasteiger partial charge in [0.2, 0.25) is 5.91 Å². The maximum absolute atomic E-state index is 13.8. The number of hydrogen-bond donors (Lipinski definition) is 4. The van der Waals surface area contributed by atoms with Crippen LogP contribution >= 0.6 is 0 Å². The van der Waals surface area contributed by atoms with E-state index in [9.17, 15) is 19.1 Å². The fourth-order valence-electron chi connectivity index (χ4n) is 4.29. The third-order valence-electron chi connectivity index (χ3n) is 6.25. The Hall–Kier alpha value is -3.62. The lowest BCUT2D eigenvalue weighted by Crippen LogP contribution is -2.41. The molecule has 4 rings (SSSR count). The average Bonchev–Trinajstić information content (AvgIpc) is 3.34. The van der Waals surface area contributed by atoms with E-state index in [1.165, 1.54) is 18.2 Å². The number of anilines is 1. The molecule has 0 spiro atoms. The van der Waals surface area contributed by atoms with E-state index in [2.05, 4.69) is 20.9 Å². The van der Waals surface area contributed by atoms with Gasteiger partial charge in [-0.2, -0.15) is 0 Å². The highest BCUT2D eigenvalue weighted by Crippen LogP contribution is 2.26. The van der Waals surface area contributed by atoms with E-state index in [-0.39, 0.29) is 17.6 Å². The van der Waals surface area contributed by atoms with E-state index in [0.29, 0.717) is 5.69 Å². The van der Waals surface area contributed by atoms with Crippen LogP contribution in [0.5, 0.6) is 0 Å². The maximum Gasteiger partial charge on any atom is 0.254 e. The fourth-order valence-corrected chi connectivity index (χ4v) is 4.29. The van der Waals surface area contributed by atoms with Gasteiger partial charge in [-0.05, 0) is 62.1 Å². The first-order valence-corrected chi connectivity index (χ1v) is 11.7. The van der Waals surface area contributed by atoms with E-state index < -0.39 is 29.8 Å². The number of aliphatic hydroxyl groups excluding tert-OH is 1. The van der Waals surface area contributed by atoms with E-state index >= 15 is 0 Å². The number of pyridine rings is 1. The Morgan fingerprint density at radius 2 is 1.89 bits per heavy atom. The van der Waals surface area contributed by atoms with Gasteiger partial charge in [-0.25, -0.2) is 4.39 Å². The molecule has 8 heteroatoms. The van der Waals surface area contributed by atoms with E-state index in [1.807, 2.05) is 36.4 Å². The second-order valence-corrected chi connectivity index (χ2v) is 8.84. The number of carbonyl (C=O) groups excluding carboxylic acids is 2. The Morgan fingerprint density at radius 3 is 2.60 bits per heavy atom. The molecule has 35 heavy (non-hydrogen) atoms. The number of nitrogens with zero attached hydrogens (tertiary/aromatic N) is 1. The van der Waals surface area contributed by atoms with Crippen LogP contribution in [-0.4, -0.2) is 40.0 Å². The van der Waals surface area contributed by atoms with Crippen molar-refractivity contribution < 1.29 is 19.1 Å². The summed E-state index contributed by atoms with van der Waals surface area (Å²) in [5.74, 6) is -1.67. The lowest BCUT2D eigenvalue weighted by Gasteiger charge is -2.20. The van der Waals surface area contributed by atoms with Crippen molar-refractivity contribution in [1.29, 1.82) is 0 Å². The number of carbonyl (C=O) groups is 2. The second-order valence-electron chi connectivity index (χ2n) is 8.84. The minimum atomic E-state index is -0.840. The minimum Gasteiger partial charge on any atom is -0.387 e. The molecule has 7 nitrogen and oxygen atoms in total. The molecule has 2 amide bonds. The van der Waals surface area contributed by atoms with Crippen LogP contribution in [0.3, 0.4) is 0 Å². The zero-order valence-electron chi connectivity index (χ0n) is 19.4. The van der Waals surface area contributed by atoms with Crippen LogP contribution in [0.15, 0.2) is 73.1 Å². The summed E-state index contributed by atoms with van der Waals surface area (Å²) < 4.78 is 13.8. The Bertz CT molecular complexity index is 1160. The smallest absolute Gasteiger partial charge is 0.254 e. The first-order chi connectivity index (χ1) is 16.9. The third-order valence-corrected chi connectivity index (χ3v) is 6.25. The number of amides is 2. The quantitative estimate of drug-likeness (QED) is 0.399. The van der Waals surface area contributed by atoms with Crippen LogP contribution in [-0.2, 0) is 11.2 Å². The second kappa shape index (κ2) is 11.2. The van der Waals surface area contributed by atoms with Crippen LogP contribution < -0.4 is 16.0 Å². The molecule has 4 N–H and O–H groups in total. The molecule has 3 aromatic rings. The van der Waals surface area contributed by atoms with Crippen molar-refractivity contribution in [1.82, 2.24) is 15.6 Å². The molecule has 0 saturated carbocycles. The van der Waals surface area contributed by atoms with E-state index in [0.717, 1.165) is 30.4 Å². The van der Waals surface area contributed by atoms with Gasteiger partial charge in [0.15, 0.2) is 0 Å². The van der Waals surface area contributed by atoms with Gasteiger partial charge in [-0.1, -0.05) is 30.3 Å². The summed E-state index contributed by atoms with van der Waals surface area (Å²) in [6.45, 7) is 1.55. The van der Waals surface area contributed by atoms with Crippen molar-refractivity contribution in [3.8, 4) is 0 Å². The largest absolute Gasteiger partial charge is 0.387 e.